The molecule has 0 aliphatic carbocycles. The number of hydrogen-bond donors (Lipinski definition) is 0. The zero-order valence-electron chi connectivity index (χ0n) is 11.4. The third-order valence-corrected chi connectivity index (χ3v) is 4.78. The molecule has 0 spiro atoms. The summed E-state index contributed by atoms with van der Waals surface area (Å²) in [5.74, 6) is -0.151. The van der Waals surface area contributed by atoms with Crippen molar-refractivity contribution in [3.63, 3.8) is 0 Å². The number of carbonyl (C=O) groups is 1. The van der Waals surface area contributed by atoms with Gasteiger partial charge >= 0.3 is 6.36 Å². The number of piperidine rings is 1. The molecule has 1 aliphatic rings. The maximum Gasteiger partial charge on any atom is 0.573 e. The third-order valence-electron chi connectivity index (χ3n) is 3.42. The molecule has 2 rings (SSSR count). The van der Waals surface area contributed by atoms with Gasteiger partial charge in [-0.15, -0.1) is 13.2 Å². The Morgan fingerprint density at radius 3 is 2.48 bits per heavy atom. The van der Waals surface area contributed by atoms with E-state index < -0.39 is 6.36 Å². The standard InChI is InChI=1S/C14H15BrF3NO2/c1-9-8-19(7-6-12(9)15)13(20)10-2-4-11(5-3-10)21-14(16,17)18/h2-5,9,12H,6-8H2,1H3. The number of likely N-dealkylation sites (tertiary alicyclic amines) is 1. The van der Waals surface area contributed by atoms with Crippen molar-refractivity contribution in [1.29, 1.82) is 0 Å². The highest BCUT2D eigenvalue weighted by Crippen LogP contribution is 2.26. The van der Waals surface area contributed by atoms with Crippen molar-refractivity contribution in [1.82, 2.24) is 4.90 Å². The Morgan fingerprint density at radius 1 is 1.33 bits per heavy atom. The maximum absolute atomic E-state index is 12.3. The van der Waals surface area contributed by atoms with E-state index in [-0.39, 0.29) is 11.7 Å². The Bertz CT molecular complexity index is 504. The molecule has 3 nitrogen and oxygen atoms in total. The molecule has 1 fully saturated rings. The average Bonchev–Trinajstić information content (AvgIpc) is 2.40. The molecule has 2 atom stereocenters. The Kier molecular flexibility index (Phi) is 4.81. The van der Waals surface area contributed by atoms with E-state index in [1.807, 2.05) is 0 Å². The summed E-state index contributed by atoms with van der Waals surface area (Å²) in [5, 5.41) is 0. The number of alkyl halides is 4. The topological polar surface area (TPSA) is 29.5 Å². The van der Waals surface area contributed by atoms with Crippen molar-refractivity contribution in [2.45, 2.75) is 24.5 Å². The van der Waals surface area contributed by atoms with E-state index in [1.165, 1.54) is 12.1 Å². The van der Waals surface area contributed by atoms with Crippen LogP contribution < -0.4 is 4.74 Å². The molecular weight excluding hydrogens is 351 g/mol. The summed E-state index contributed by atoms with van der Waals surface area (Å²) in [6.07, 6.45) is -3.86. The van der Waals surface area contributed by atoms with E-state index in [0.29, 0.717) is 29.4 Å². The van der Waals surface area contributed by atoms with Crippen molar-refractivity contribution < 1.29 is 22.7 Å². The molecule has 1 amide bonds. The van der Waals surface area contributed by atoms with Gasteiger partial charge in [0.2, 0.25) is 0 Å². The van der Waals surface area contributed by atoms with Gasteiger partial charge in [0.1, 0.15) is 5.75 Å². The second-order valence-electron chi connectivity index (χ2n) is 5.11. The number of halogens is 4. The fourth-order valence-electron chi connectivity index (χ4n) is 2.28. The van der Waals surface area contributed by atoms with Crippen LogP contribution in [0.25, 0.3) is 0 Å². The number of ether oxygens (including phenoxy) is 1. The van der Waals surface area contributed by atoms with Gasteiger partial charge in [0.25, 0.3) is 5.91 Å². The monoisotopic (exact) mass is 365 g/mol. The van der Waals surface area contributed by atoms with Crippen LogP contribution in [-0.4, -0.2) is 35.1 Å². The Balaban J connectivity index is 2.03. The third kappa shape index (κ3) is 4.36. The summed E-state index contributed by atoms with van der Waals surface area (Å²) in [6.45, 7) is 3.33. The van der Waals surface area contributed by atoms with Gasteiger partial charge in [0, 0.05) is 23.5 Å². The number of carbonyl (C=O) groups excluding carboxylic acids is 1. The SMILES string of the molecule is CC1CN(C(=O)c2ccc(OC(F)(F)F)cc2)CCC1Br. The zero-order chi connectivity index (χ0) is 15.6. The minimum Gasteiger partial charge on any atom is -0.406 e. The van der Waals surface area contributed by atoms with Crippen LogP contribution in [0.3, 0.4) is 0 Å². The van der Waals surface area contributed by atoms with E-state index >= 15 is 0 Å². The maximum atomic E-state index is 12.3. The van der Waals surface area contributed by atoms with E-state index in [1.54, 1.807) is 4.90 Å². The number of rotatable bonds is 2. The highest BCUT2D eigenvalue weighted by atomic mass is 79.9. The molecule has 2 unspecified atom stereocenters. The van der Waals surface area contributed by atoms with E-state index in [0.717, 1.165) is 18.6 Å². The quantitative estimate of drug-likeness (QED) is 0.745. The van der Waals surface area contributed by atoms with Gasteiger partial charge in [-0.3, -0.25) is 4.79 Å². The lowest BCUT2D eigenvalue weighted by Crippen LogP contribution is -2.43. The first-order valence-electron chi connectivity index (χ1n) is 6.55. The Morgan fingerprint density at radius 2 is 1.95 bits per heavy atom. The molecule has 116 valence electrons. The summed E-state index contributed by atoms with van der Waals surface area (Å²) in [6, 6.07) is 5.02. The largest absolute Gasteiger partial charge is 0.573 e. The summed E-state index contributed by atoms with van der Waals surface area (Å²) < 4.78 is 40.0. The molecule has 7 heteroatoms. The van der Waals surface area contributed by atoms with Gasteiger partial charge in [0.15, 0.2) is 0 Å². The van der Waals surface area contributed by atoms with E-state index in [9.17, 15) is 18.0 Å². The van der Waals surface area contributed by atoms with Crippen molar-refractivity contribution in [2.75, 3.05) is 13.1 Å². The Labute approximate surface area is 129 Å². The predicted octanol–water partition coefficient (Wildman–Crippen LogP) is 3.83. The fourth-order valence-corrected chi connectivity index (χ4v) is 2.66. The minimum atomic E-state index is -4.72. The molecule has 1 aromatic rings. The number of amides is 1. The summed E-state index contributed by atoms with van der Waals surface area (Å²) >= 11 is 3.56. The first-order chi connectivity index (χ1) is 9.76. The van der Waals surface area contributed by atoms with Crippen molar-refractivity contribution in [3.05, 3.63) is 29.8 Å². The first kappa shape index (κ1) is 16.1. The zero-order valence-corrected chi connectivity index (χ0v) is 12.9. The molecule has 1 saturated heterocycles. The molecule has 0 aromatic heterocycles. The van der Waals surface area contributed by atoms with Gasteiger partial charge in [-0.1, -0.05) is 22.9 Å². The van der Waals surface area contributed by atoms with Crippen LogP contribution >= 0.6 is 15.9 Å². The fraction of sp³-hybridized carbons (Fsp3) is 0.500. The van der Waals surface area contributed by atoms with Crippen molar-refractivity contribution in [2.24, 2.45) is 5.92 Å². The van der Waals surface area contributed by atoms with Gasteiger partial charge in [-0.05, 0) is 36.6 Å². The predicted molar refractivity (Wildman–Crippen MR) is 75.5 cm³/mol. The van der Waals surface area contributed by atoms with Crippen molar-refractivity contribution >= 4 is 21.8 Å². The highest BCUT2D eigenvalue weighted by Gasteiger charge is 2.31. The summed E-state index contributed by atoms with van der Waals surface area (Å²) in [5.41, 5.74) is 0.366. The smallest absolute Gasteiger partial charge is 0.406 e. The molecule has 1 aliphatic heterocycles. The van der Waals surface area contributed by atoms with Crippen LogP contribution in [-0.2, 0) is 0 Å². The van der Waals surface area contributed by atoms with E-state index in [4.69, 9.17) is 0 Å². The van der Waals surface area contributed by atoms with Gasteiger partial charge in [0.05, 0.1) is 0 Å². The van der Waals surface area contributed by atoms with Crippen LogP contribution in [0.5, 0.6) is 5.75 Å². The Hall–Kier alpha value is -1.24. The average molecular weight is 366 g/mol. The lowest BCUT2D eigenvalue weighted by Gasteiger charge is -2.34. The summed E-state index contributed by atoms with van der Waals surface area (Å²) in [7, 11) is 0. The number of hydrogen-bond acceptors (Lipinski definition) is 2. The molecule has 0 bridgehead atoms. The minimum absolute atomic E-state index is 0.167. The van der Waals surface area contributed by atoms with Crippen LogP contribution in [0.1, 0.15) is 23.7 Å². The van der Waals surface area contributed by atoms with Gasteiger partial charge in [-0.2, -0.15) is 0 Å². The van der Waals surface area contributed by atoms with E-state index in [2.05, 4.69) is 27.6 Å². The molecule has 0 radical (unpaired) electrons. The molecular formula is C14H15BrF3NO2. The van der Waals surface area contributed by atoms with Gasteiger partial charge < -0.3 is 9.64 Å². The van der Waals surface area contributed by atoms with Crippen LogP contribution in [0.2, 0.25) is 0 Å². The van der Waals surface area contributed by atoms with Crippen LogP contribution in [0, 0.1) is 5.92 Å². The molecule has 0 N–H and O–H groups in total. The lowest BCUT2D eigenvalue weighted by molar-refractivity contribution is -0.274. The number of benzene rings is 1. The highest BCUT2D eigenvalue weighted by molar-refractivity contribution is 9.09. The summed E-state index contributed by atoms with van der Waals surface area (Å²) in [4.78, 5) is 14.4. The molecule has 0 saturated carbocycles. The molecule has 1 aromatic carbocycles. The van der Waals surface area contributed by atoms with Crippen molar-refractivity contribution in [3.8, 4) is 5.75 Å². The van der Waals surface area contributed by atoms with Gasteiger partial charge in [-0.25, -0.2) is 0 Å². The second-order valence-corrected chi connectivity index (χ2v) is 6.28. The normalized spacial score (nSPS) is 23.0. The molecule has 1 heterocycles. The van der Waals surface area contributed by atoms with Crippen LogP contribution in [0.4, 0.5) is 13.2 Å². The second kappa shape index (κ2) is 6.25. The van der Waals surface area contributed by atoms with Crippen LogP contribution in [0.15, 0.2) is 24.3 Å². The molecule has 21 heavy (non-hydrogen) atoms. The number of nitrogens with zero attached hydrogens (tertiary/aromatic N) is 1. The lowest BCUT2D eigenvalue weighted by atomic mass is 9.99. The first-order valence-corrected chi connectivity index (χ1v) is 7.47.